The third-order valence-corrected chi connectivity index (χ3v) is 5.65. The van der Waals surface area contributed by atoms with E-state index in [-0.39, 0.29) is 0 Å². The average molecular weight is 460 g/mol. The number of carbonyl (C=O) groups is 1. The first-order valence-corrected chi connectivity index (χ1v) is 10.3. The summed E-state index contributed by atoms with van der Waals surface area (Å²) in [6.45, 7) is -0.464. The normalized spacial score (nSPS) is 11.6. The van der Waals surface area contributed by atoms with Gasteiger partial charge in [0.05, 0.1) is 45.6 Å². The molecule has 0 bridgehead atoms. The number of hydrogen-bond acceptors (Lipinski definition) is 9. The van der Waals surface area contributed by atoms with E-state index in [0.717, 1.165) is 21.6 Å². The molecule has 4 N–H and O–H groups in total. The Morgan fingerprint density at radius 2 is 1.69 bits per heavy atom. The van der Waals surface area contributed by atoms with Crippen molar-refractivity contribution in [3.8, 4) is 44.6 Å². The summed E-state index contributed by atoms with van der Waals surface area (Å²) in [4.78, 5) is 13.1. The van der Waals surface area contributed by atoms with Crippen molar-refractivity contribution in [1.29, 1.82) is 0 Å². The predicted octanol–water partition coefficient (Wildman–Crippen LogP) is 2.77. The summed E-state index contributed by atoms with van der Waals surface area (Å²) in [5, 5.41) is 11.9. The van der Waals surface area contributed by atoms with Crippen LogP contribution in [0.3, 0.4) is 0 Å². The van der Waals surface area contributed by atoms with Gasteiger partial charge in [-0.1, -0.05) is 0 Å². The minimum Gasteiger partial charge on any atom is -0.495 e. The quantitative estimate of drug-likeness (QED) is 0.446. The molecule has 3 aromatic rings. The molecule has 3 rings (SSSR count). The van der Waals surface area contributed by atoms with E-state index < -0.39 is 18.6 Å². The van der Waals surface area contributed by atoms with E-state index in [1.807, 2.05) is 18.2 Å². The van der Waals surface area contributed by atoms with Crippen LogP contribution in [0.1, 0.15) is 0 Å². The Kier molecular flexibility index (Phi) is 7.52. The minimum atomic E-state index is -1.04. The van der Waals surface area contributed by atoms with Crippen molar-refractivity contribution in [1.82, 2.24) is 4.37 Å². The van der Waals surface area contributed by atoms with Crippen LogP contribution in [0.25, 0.3) is 21.6 Å². The van der Waals surface area contributed by atoms with Crippen LogP contribution in [-0.2, 0) is 4.79 Å². The summed E-state index contributed by atoms with van der Waals surface area (Å²) in [6, 6.07) is 8.04. The van der Waals surface area contributed by atoms with Crippen molar-refractivity contribution in [2.45, 2.75) is 6.04 Å². The number of nitrogens with zero attached hydrogens (tertiary/aromatic N) is 1. The van der Waals surface area contributed by atoms with Crippen molar-refractivity contribution < 1.29 is 28.8 Å². The Bertz CT molecular complexity index is 1080. The van der Waals surface area contributed by atoms with E-state index in [4.69, 9.17) is 29.8 Å². The van der Waals surface area contributed by atoms with Crippen LogP contribution in [0.2, 0.25) is 0 Å². The Balaban J connectivity index is 2.07. The van der Waals surface area contributed by atoms with Gasteiger partial charge >= 0.3 is 0 Å². The molecule has 0 radical (unpaired) electrons. The molecule has 0 saturated carbocycles. The number of carbonyl (C=O) groups excluding carboxylic acids is 1. The lowest BCUT2D eigenvalue weighted by Gasteiger charge is -2.15. The fraction of sp³-hybridized carbons (Fsp3) is 0.273. The van der Waals surface area contributed by atoms with Gasteiger partial charge in [-0.15, -0.1) is 0 Å². The highest BCUT2D eigenvalue weighted by Gasteiger charge is 2.20. The van der Waals surface area contributed by atoms with Gasteiger partial charge < -0.3 is 35.1 Å². The first-order chi connectivity index (χ1) is 15.5. The van der Waals surface area contributed by atoms with Gasteiger partial charge in [0.2, 0.25) is 11.7 Å². The van der Waals surface area contributed by atoms with Crippen LogP contribution in [0.4, 0.5) is 5.69 Å². The number of rotatable bonds is 9. The molecule has 0 saturated heterocycles. The lowest BCUT2D eigenvalue weighted by molar-refractivity contribution is -0.118. The molecule has 1 aromatic heterocycles. The first-order valence-electron chi connectivity index (χ1n) is 9.58. The predicted molar refractivity (Wildman–Crippen MR) is 123 cm³/mol. The smallest absolute Gasteiger partial charge is 0.243 e. The van der Waals surface area contributed by atoms with Gasteiger partial charge in [0.25, 0.3) is 0 Å². The minimum absolute atomic E-state index is 0.433. The zero-order valence-corrected chi connectivity index (χ0v) is 19.0. The summed E-state index contributed by atoms with van der Waals surface area (Å²) in [5.41, 5.74) is 8.54. The number of nitrogens with one attached hydrogen (secondary N) is 1. The second kappa shape index (κ2) is 10.3. The zero-order chi connectivity index (χ0) is 23.3. The molecule has 0 spiro atoms. The van der Waals surface area contributed by atoms with Crippen LogP contribution in [0, 0.1) is 0 Å². The lowest BCUT2D eigenvalue weighted by Crippen LogP contribution is -2.38. The first kappa shape index (κ1) is 23.3. The van der Waals surface area contributed by atoms with Crippen LogP contribution in [-0.4, -0.2) is 56.5 Å². The molecule has 10 heteroatoms. The van der Waals surface area contributed by atoms with Gasteiger partial charge in [0.15, 0.2) is 11.5 Å². The molecule has 0 aliphatic rings. The number of hydrogen-bond donors (Lipinski definition) is 3. The van der Waals surface area contributed by atoms with Crippen molar-refractivity contribution >= 4 is 23.1 Å². The van der Waals surface area contributed by atoms with Gasteiger partial charge in [-0.25, -0.2) is 0 Å². The van der Waals surface area contributed by atoms with Crippen LogP contribution in [0.15, 0.2) is 36.5 Å². The Morgan fingerprint density at radius 3 is 2.25 bits per heavy atom. The molecule has 170 valence electrons. The highest BCUT2D eigenvalue weighted by molar-refractivity contribution is 7.10. The second-order valence-electron chi connectivity index (χ2n) is 6.68. The van der Waals surface area contributed by atoms with E-state index >= 15 is 0 Å². The average Bonchev–Trinajstić information content (AvgIpc) is 3.32. The van der Waals surface area contributed by atoms with E-state index in [2.05, 4.69) is 9.69 Å². The number of aromatic nitrogens is 1. The number of benzene rings is 2. The SMILES string of the molecule is COc1ccc(-c2sncc2-c2cc(OC)c(OC)c(OC)c2)cc1NC(=O)[C@@H](N)CO. The Morgan fingerprint density at radius 1 is 1.03 bits per heavy atom. The van der Waals surface area contributed by atoms with Crippen LogP contribution in [0.5, 0.6) is 23.0 Å². The molecule has 2 aromatic carbocycles. The van der Waals surface area contributed by atoms with Crippen molar-refractivity contribution in [2.75, 3.05) is 40.4 Å². The molecular weight excluding hydrogens is 434 g/mol. The third-order valence-electron chi connectivity index (χ3n) is 4.80. The van der Waals surface area contributed by atoms with E-state index in [9.17, 15) is 4.79 Å². The molecule has 0 aliphatic heterocycles. The summed E-state index contributed by atoms with van der Waals surface area (Å²) in [7, 11) is 6.17. The molecule has 1 atom stereocenters. The highest BCUT2D eigenvalue weighted by Crippen LogP contribution is 2.45. The maximum absolute atomic E-state index is 12.2. The number of methoxy groups -OCH3 is 4. The standard InChI is InChI=1S/C22H25N3O6S/c1-28-17-6-5-12(7-16(17)25-22(27)15(23)11-26)21-14(10-24-32-21)13-8-18(29-2)20(31-4)19(9-13)30-3/h5-10,15,26H,11,23H2,1-4H3,(H,25,27)/t15-/m0/s1. The fourth-order valence-electron chi connectivity index (χ4n) is 3.15. The summed E-state index contributed by atoms with van der Waals surface area (Å²) >= 11 is 1.31. The maximum Gasteiger partial charge on any atom is 0.243 e. The van der Waals surface area contributed by atoms with Gasteiger partial charge in [0.1, 0.15) is 11.8 Å². The molecular formula is C22H25N3O6S. The molecule has 1 heterocycles. The fourth-order valence-corrected chi connectivity index (χ4v) is 3.91. The monoisotopic (exact) mass is 459 g/mol. The Labute approximate surface area is 189 Å². The van der Waals surface area contributed by atoms with Crippen molar-refractivity contribution in [2.24, 2.45) is 5.73 Å². The topological polar surface area (TPSA) is 125 Å². The van der Waals surface area contributed by atoms with Gasteiger partial charge in [-0.3, -0.25) is 4.79 Å². The van der Waals surface area contributed by atoms with E-state index in [0.29, 0.717) is 28.7 Å². The molecule has 0 unspecified atom stereocenters. The summed E-state index contributed by atoms with van der Waals surface area (Å²) < 4.78 is 26.1. The largest absolute Gasteiger partial charge is 0.495 e. The van der Waals surface area contributed by atoms with Crippen molar-refractivity contribution in [3.63, 3.8) is 0 Å². The summed E-state index contributed by atoms with van der Waals surface area (Å²) in [5.74, 6) is 1.50. The highest BCUT2D eigenvalue weighted by atomic mass is 32.1. The molecule has 0 fully saturated rings. The lowest BCUT2D eigenvalue weighted by atomic mass is 10.0. The van der Waals surface area contributed by atoms with E-state index in [1.165, 1.54) is 18.6 Å². The van der Waals surface area contributed by atoms with Gasteiger partial charge in [0, 0.05) is 11.8 Å². The van der Waals surface area contributed by atoms with E-state index in [1.54, 1.807) is 39.7 Å². The molecule has 1 amide bonds. The van der Waals surface area contributed by atoms with Crippen LogP contribution >= 0.6 is 11.5 Å². The maximum atomic E-state index is 12.2. The number of amides is 1. The Hall–Kier alpha value is -3.34. The zero-order valence-electron chi connectivity index (χ0n) is 18.2. The van der Waals surface area contributed by atoms with Crippen LogP contribution < -0.4 is 30.0 Å². The second-order valence-corrected chi connectivity index (χ2v) is 7.48. The molecule has 32 heavy (non-hydrogen) atoms. The van der Waals surface area contributed by atoms with Crippen molar-refractivity contribution in [3.05, 3.63) is 36.5 Å². The van der Waals surface area contributed by atoms with Gasteiger partial charge in [-0.05, 0) is 53.0 Å². The number of ether oxygens (including phenoxy) is 4. The van der Waals surface area contributed by atoms with Gasteiger partial charge in [-0.2, -0.15) is 4.37 Å². The molecule has 0 aliphatic carbocycles. The number of nitrogens with two attached hydrogens (primary N) is 1. The number of anilines is 1. The number of aliphatic hydroxyl groups is 1. The number of aliphatic hydroxyl groups excluding tert-OH is 1. The summed E-state index contributed by atoms with van der Waals surface area (Å²) in [6.07, 6.45) is 1.75. The molecule has 9 nitrogen and oxygen atoms in total. The third kappa shape index (κ3) is 4.62.